The van der Waals surface area contributed by atoms with Crippen LogP contribution in [0.1, 0.15) is 50.5 Å². The maximum atomic E-state index is 14.4. The highest BCUT2D eigenvalue weighted by Gasteiger charge is 2.57. The van der Waals surface area contributed by atoms with E-state index in [9.17, 15) is 19.5 Å². The van der Waals surface area contributed by atoms with E-state index in [0.717, 1.165) is 47.2 Å². The van der Waals surface area contributed by atoms with Crippen LogP contribution in [0.5, 0.6) is 5.75 Å². The number of nitrogens with zero attached hydrogens (tertiary/aromatic N) is 3. The van der Waals surface area contributed by atoms with Gasteiger partial charge in [0.2, 0.25) is 17.7 Å². The molecule has 3 atom stereocenters. The van der Waals surface area contributed by atoms with Crippen molar-refractivity contribution < 1.29 is 24.2 Å². The van der Waals surface area contributed by atoms with Crippen LogP contribution >= 0.6 is 0 Å². The fraction of sp³-hybridized carbons (Fsp3) is 0.553. The normalized spacial score (nSPS) is 30.1. The molecular weight excluding hydrogens is 606 g/mol. The summed E-state index contributed by atoms with van der Waals surface area (Å²) in [6.45, 7) is 2.47. The molecule has 4 saturated carbocycles. The van der Waals surface area contributed by atoms with E-state index in [-0.39, 0.29) is 30.7 Å². The molecule has 3 heterocycles. The minimum Gasteiger partial charge on any atom is -0.495 e. The lowest BCUT2D eigenvalue weighted by Gasteiger charge is -2.56. The van der Waals surface area contributed by atoms with E-state index in [0.29, 0.717) is 50.4 Å². The number of H-pyrrole nitrogens is 1. The number of rotatable bonds is 8. The number of benzene rings is 2. The molecule has 48 heavy (non-hydrogen) atoms. The first-order chi connectivity index (χ1) is 23.3. The standard InChI is InChI=1S/C38H47N5O5/c1-48-34-9-5-4-8-32(34)41-10-12-42(13-11-41)36(46)31(17-27-22-39-30-7-3-2-6-29(27)30)40-35(45)33-18-28(44)23-43(33)37(47)38-19-24-14-25(20-38)16-26(15-24)21-38/h2-9,22,24-26,28,31,33,39,44H,10-21,23H2,1H3,(H,40,45). The SMILES string of the molecule is COc1ccccc1N1CCN(C(=O)C(Cc2c[nH]c3ccccc23)NC(=O)C2CC(O)CN2C(=O)C23CC4CC(CC(C4)C2)C3)CC1. The van der Waals surface area contributed by atoms with Crippen LogP contribution in [0.15, 0.2) is 54.7 Å². The van der Waals surface area contributed by atoms with Crippen molar-refractivity contribution >= 4 is 34.3 Å². The first-order valence-corrected chi connectivity index (χ1v) is 17.8. The van der Waals surface area contributed by atoms with Crippen LogP contribution in [0.25, 0.3) is 10.9 Å². The van der Waals surface area contributed by atoms with Gasteiger partial charge in [-0.05, 0) is 80.0 Å². The summed E-state index contributed by atoms with van der Waals surface area (Å²) in [5, 5.41) is 14.9. The van der Waals surface area contributed by atoms with Crippen LogP contribution < -0.4 is 15.0 Å². The van der Waals surface area contributed by atoms with Gasteiger partial charge in [0.1, 0.15) is 17.8 Å². The quantitative estimate of drug-likeness (QED) is 0.341. The van der Waals surface area contributed by atoms with Crippen molar-refractivity contribution in [1.29, 1.82) is 0 Å². The number of hydrogen-bond acceptors (Lipinski definition) is 6. The molecule has 0 radical (unpaired) electrons. The van der Waals surface area contributed by atoms with Crippen molar-refractivity contribution in [3.05, 3.63) is 60.3 Å². The maximum absolute atomic E-state index is 14.4. The number of methoxy groups -OCH3 is 1. The second-order valence-corrected chi connectivity index (χ2v) is 15.2. The molecule has 1 aromatic heterocycles. The van der Waals surface area contributed by atoms with Crippen LogP contribution in [0.2, 0.25) is 0 Å². The van der Waals surface area contributed by atoms with E-state index in [2.05, 4.69) is 15.2 Å². The van der Waals surface area contributed by atoms with Gasteiger partial charge >= 0.3 is 0 Å². The molecule has 6 aliphatic rings. The lowest BCUT2D eigenvalue weighted by molar-refractivity contribution is -0.160. The zero-order chi connectivity index (χ0) is 33.0. The van der Waals surface area contributed by atoms with Gasteiger partial charge in [-0.25, -0.2) is 0 Å². The van der Waals surface area contributed by atoms with Gasteiger partial charge in [0, 0.05) is 62.7 Å². The van der Waals surface area contributed by atoms with Crippen molar-refractivity contribution in [3.8, 4) is 5.75 Å². The fourth-order valence-corrected chi connectivity index (χ4v) is 10.2. The van der Waals surface area contributed by atoms with E-state index >= 15 is 0 Å². The third-order valence-electron chi connectivity index (χ3n) is 12.1. The van der Waals surface area contributed by atoms with E-state index in [1.807, 2.05) is 59.6 Å². The van der Waals surface area contributed by atoms with E-state index < -0.39 is 23.6 Å². The number of nitrogens with one attached hydrogen (secondary N) is 2. The smallest absolute Gasteiger partial charge is 0.245 e. The number of carbonyl (C=O) groups is 3. The van der Waals surface area contributed by atoms with Crippen molar-refractivity contribution in [2.24, 2.45) is 23.2 Å². The van der Waals surface area contributed by atoms with Crippen LogP contribution in [-0.4, -0.2) is 95.6 Å². The number of aromatic nitrogens is 1. The second kappa shape index (κ2) is 12.4. The Hall–Kier alpha value is -4.05. The lowest BCUT2D eigenvalue weighted by atomic mass is 9.49. The molecule has 254 valence electrons. The number of ether oxygens (including phenoxy) is 1. The van der Waals surface area contributed by atoms with Crippen LogP contribution in [0.4, 0.5) is 5.69 Å². The number of piperazine rings is 1. The van der Waals surface area contributed by atoms with Crippen molar-refractivity contribution in [2.45, 2.75) is 69.6 Å². The number of β-amino-alcohol motifs (C(OH)–C–C–N with tert-alkyl or cyclic N) is 1. The number of aliphatic hydroxyl groups excluding tert-OH is 1. The summed E-state index contributed by atoms with van der Waals surface area (Å²) in [4.78, 5) is 51.9. The summed E-state index contributed by atoms with van der Waals surface area (Å²) in [6, 6.07) is 14.3. The molecule has 2 aromatic carbocycles. The Balaban J connectivity index is 1.02. The van der Waals surface area contributed by atoms with Gasteiger partial charge in [-0.3, -0.25) is 14.4 Å². The monoisotopic (exact) mass is 653 g/mol. The van der Waals surface area contributed by atoms with Gasteiger partial charge in [0.25, 0.3) is 0 Å². The Labute approximate surface area is 281 Å². The van der Waals surface area contributed by atoms with Crippen LogP contribution in [-0.2, 0) is 20.8 Å². The van der Waals surface area contributed by atoms with Crippen LogP contribution in [0.3, 0.4) is 0 Å². The Morgan fingerprint density at radius 2 is 1.60 bits per heavy atom. The average molecular weight is 654 g/mol. The second-order valence-electron chi connectivity index (χ2n) is 15.2. The Morgan fingerprint density at radius 3 is 2.31 bits per heavy atom. The third-order valence-corrected chi connectivity index (χ3v) is 12.1. The number of likely N-dealkylation sites (tertiary alicyclic amines) is 1. The van der Waals surface area contributed by atoms with Gasteiger partial charge in [-0.15, -0.1) is 0 Å². The number of carbonyl (C=O) groups excluding carboxylic acids is 3. The number of amides is 3. The van der Waals surface area contributed by atoms with Crippen molar-refractivity contribution in [1.82, 2.24) is 20.1 Å². The summed E-state index contributed by atoms with van der Waals surface area (Å²) in [5.41, 5.74) is 2.52. The van der Waals surface area contributed by atoms with E-state index in [1.54, 1.807) is 12.0 Å². The number of para-hydroxylation sites is 3. The summed E-state index contributed by atoms with van der Waals surface area (Å²) >= 11 is 0. The van der Waals surface area contributed by atoms with E-state index in [1.165, 1.54) is 19.3 Å². The number of fused-ring (bicyclic) bond motifs is 1. The van der Waals surface area contributed by atoms with Gasteiger partial charge < -0.3 is 34.8 Å². The number of aliphatic hydroxyl groups is 1. The molecular formula is C38H47N5O5. The number of anilines is 1. The molecule has 10 heteroatoms. The van der Waals surface area contributed by atoms with E-state index in [4.69, 9.17) is 4.74 Å². The predicted molar refractivity (Wildman–Crippen MR) is 182 cm³/mol. The van der Waals surface area contributed by atoms with Crippen molar-refractivity contribution in [3.63, 3.8) is 0 Å². The first-order valence-electron chi connectivity index (χ1n) is 17.8. The van der Waals surface area contributed by atoms with Gasteiger partial charge in [0.15, 0.2) is 0 Å². The zero-order valence-corrected chi connectivity index (χ0v) is 27.8. The Bertz CT molecular complexity index is 1660. The third kappa shape index (κ3) is 5.61. The molecule has 3 amide bonds. The zero-order valence-electron chi connectivity index (χ0n) is 27.8. The molecule has 6 fully saturated rings. The molecule has 3 unspecified atom stereocenters. The highest BCUT2D eigenvalue weighted by Crippen LogP contribution is 2.60. The fourth-order valence-electron chi connectivity index (χ4n) is 10.2. The molecule has 2 saturated heterocycles. The molecule has 0 spiro atoms. The molecule has 10 nitrogen and oxygen atoms in total. The maximum Gasteiger partial charge on any atom is 0.245 e. The molecule has 2 aliphatic heterocycles. The molecule has 4 bridgehead atoms. The predicted octanol–water partition coefficient (Wildman–Crippen LogP) is 3.73. The average Bonchev–Trinajstić information content (AvgIpc) is 3.70. The summed E-state index contributed by atoms with van der Waals surface area (Å²) in [7, 11) is 1.66. The largest absolute Gasteiger partial charge is 0.495 e. The number of aromatic amines is 1. The summed E-state index contributed by atoms with van der Waals surface area (Å²) < 4.78 is 5.58. The van der Waals surface area contributed by atoms with Gasteiger partial charge in [-0.2, -0.15) is 0 Å². The topological polar surface area (TPSA) is 118 Å². The van der Waals surface area contributed by atoms with Gasteiger partial charge in [0.05, 0.1) is 24.3 Å². The first kappa shape index (κ1) is 31.2. The number of hydrogen-bond donors (Lipinski definition) is 3. The Morgan fingerprint density at radius 1 is 0.938 bits per heavy atom. The Kier molecular flexibility index (Phi) is 8.09. The van der Waals surface area contributed by atoms with Crippen LogP contribution in [0, 0.1) is 23.2 Å². The molecule has 3 aromatic rings. The molecule has 3 N–H and O–H groups in total. The highest BCUT2D eigenvalue weighted by atomic mass is 16.5. The van der Waals surface area contributed by atoms with Crippen molar-refractivity contribution in [2.75, 3.05) is 44.7 Å². The summed E-state index contributed by atoms with van der Waals surface area (Å²) in [5.74, 6) is 2.16. The minimum absolute atomic E-state index is 0.0465. The van der Waals surface area contributed by atoms with Gasteiger partial charge in [-0.1, -0.05) is 30.3 Å². The highest BCUT2D eigenvalue weighted by molar-refractivity contribution is 5.94. The minimum atomic E-state index is -0.816. The molecule has 4 aliphatic carbocycles. The molecule has 9 rings (SSSR count). The summed E-state index contributed by atoms with van der Waals surface area (Å²) in [6.07, 6.45) is 8.06. The lowest BCUT2D eigenvalue weighted by Crippen LogP contribution is -2.60.